The van der Waals surface area contributed by atoms with Crippen LogP contribution in [0.2, 0.25) is 5.02 Å². The van der Waals surface area contributed by atoms with Crippen LogP contribution in [0.3, 0.4) is 0 Å². The molecule has 1 saturated carbocycles. The van der Waals surface area contributed by atoms with Gasteiger partial charge in [0.2, 0.25) is 21.8 Å². The number of carbonyl (C=O) groups is 4. The van der Waals surface area contributed by atoms with E-state index in [9.17, 15) is 53.8 Å². The molecule has 35 heteroatoms. The molecule has 3 aromatic heterocycles. The molecule has 578 valence electrons. The molecule has 0 saturated heterocycles. The molecule has 7 aromatic rings. The minimum absolute atomic E-state index is 0.0512. The zero-order valence-corrected chi connectivity index (χ0v) is 63.7. The van der Waals surface area contributed by atoms with Gasteiger partial charge >= 0.3 is 26.1 Å². The molecule has 107 heavy (non-hydrogen) atoms. The van der Waals surface area contributed by atoms with E-state index < -0.39 is 221 Å². The summed E-state index contributed by atoms with van der Waals surface area (Å²) in [7, 11) is -13.9. The lowest BCUT2D eigenvalue weighted by Gasteiger charge is -2.32. The number of rotatable bonds is 26. The van der Waals surface area contributed by atoms with Gasteiger partial charge in [0.05, 0.1) is 52.1 Å². The number of fused-ring (bicyclic) bond motifs is 4. The fourth-order valence-electron chi connectivity index (χ4n) is 12.7. The standard InChI is InChI=1S/C72H78ClF10N8O13PS2/c1-38(2)102-105(96,103-39(3)4)104-54-30-42(65(95)86-69(12,13)43-18-16-15-17-19-43)29-41(31-57(94)101-66(5,6)7)60(54)67(8,9)34-55(92)89-107(99,100)36-53-59-51(73)23-22-48(62(59)91(87-53)37-70(76,77)78)47-21-20-46(24-25-68(10,11)106(14,97)98)84-61(47)52(28-40-26-44(74)32-45(75)27-40)85-56(93)35-90-64-58(63(88-90)72(81,82)83)49-33-50(49)71(64,79)80/h15-23,26-27,29-30,32,38-39,49-50,52H,28,31,33-37H2,1-14H3,(H,85,93)(H,86,95)(H,89,92)/t49-,50+,52-/m0/s1. The number of phosphoric acid groups is 1. The third-order valence-corrected chi connectivity index (χ3v) is 22.5. The van der Waals surface area contributed by atoms with Crippen molar-refractivity contribution in [3.05, 3.63) is 163 Å². The molecule has 0 bridgehead atoms. The molecule has 3 amide bonds. The van der Waals surface area contributed by atoms with Gasteiger partial charge in [0, 0.05) is 63.3 Å². The summed E-state index contributed by atoms with van der Waals surface area (Å²) in [5.41, 5.74) is -10.4. The summed E-state index contributed by atoms with van der Waals surface area (Å²) < 4.78 is 244. The molecule has 21 nitrogen and oxygen atoms in total. The lowest BCUT2D eigenvalue weighted by Crippen LogP contribution is -2.41. The fourth-order valence-corrected chi connectivity index (χ4v) is 15.8. The van der Waals surface area contributed by atoms with Crippen molar-refractivity contribution in [2.24, 2.45) is 5.92 Å². The van der Waals surface area contributed by atoms with Crippen LogP contribution in [0.1, 0.15) is 181 Å². The predicted molar refractivity (Wildman–Crippen MR) is 375 cm³/mol. The Morgan fingerprint density at radius 3 is 1.99 bits per heavy atom. The summed E-state index contributed by atoms with van der Waals surface area (Å²) in [6.07, 6.45) is -13.9. The molecule has 3 atom stereocenters. The summed E-state index contributed by atoms with van der Waals surface area (Å²) in [6, 6.07) is 16.0. The van der Waals surface area contributed by atoms with Crippen molar-refractivity contribution in [1.29, 1.82) is 0 Å². The Balaban J connectivity index is 1.15. The van der Waals surface area contributed by atoms with E-state index in [1.807, 2.05) is 4.72 Å². The first kappa shape index (κ1) is 82.6. The van der Waals surface area contributed by atoms with Crippen molar-refractivity contribution in [2.75, 3.05) is 6.26 Å². The average Bonchev–Trinajstić information content (AvgIpc) is 1.51. The maximum Gasteiger partial charge on any atom is 0.530 e. The second-order valence-corrected chi connectivity index (χ2v) is 35.7. The van der Waals surface area contributed by atoms with Gasteiger partial charge in [-0.3, -0.25) is 42.3 Å². The molecule has 4 aromatic carbocycles. The number of nitrogens with one attached hydrogen (secondary N) is 3. The Morgan fingerprint density at radius 1 is 0.794 bits per heavy atom. The molecule has 0 radical (unpaired) electrons. The first-order valence-corrected chi connectivity index (χ1v) is 38.7. The van der Waals surface area contributed by atoms with E-state index in [-0.39, 0.29) is 50.2 Å². The smallest absolute Gasteiger partial charge is 0.460 e. The lowest BCUT2D eigenvalue weighted by atomic mass is 9.77. The Morgan fingerprint density at radius 2 is 1.41 bits per heavy atom. The third kappa shape index (κ3) is 19.5. The van der Waals surface area contributed by atoms with Crippen LogP contribution in [0.15, 0.2) is 84.9 Å². The number of esters is 1. The van der Waals surface area contributed by atoms with Crippen LogP contribution < -0.4 is 19.9 Å². The SMILES string of the molecule is CC(C)OP(=O)(Oc1cc(C(=O)NC(C)(C)c2ccccc2)cc(CC(=O)OC(C)(C)C)c1C(C)(C)CC(=O)NS(=O)(=O)Cc1nn(CC(F)(F)F)c2c(-c3ccc(C#CC(C)(C)S(C)(=O)=O)nc3[C@H](Cc3cc(F)cc(F)c3)NC(=O)Cn3nc(C(F)(F)F)c4c3C(F)(F)[C@@H]3C[C@H]43)ccc(Cl)c12)OC(C)C. The van der Waals surface area contributed by atoms with Gasteiger partial charge in [-0.2, -0.15) is 45.3 Å². The fraction of sp³-hybridized carbons (Fsp3) is 0.458. The number of alkyl halides is 8. The molecule has 3 heterocycles. The van der Waals surface area contributed by atoms with Gasteiger partial charge in [0.25, 0.3) is 11.8 Å². The van der Waals surface area contributed by atoms with Crippen LogP contribution in [0.4, 0.5) is 43.9 Å². The highest BCUT2D eigenvalue weighted by Crippen LogP contribution is 2.68. The van der Waals surface area contributed by atoms with Crippen LogP contribution in [0, 0.1) is 29.4 Å². The first-order chi connectivity index (χ1) is 49.1. The van der Waals surface area contributed by atoms with Crippen molar-refractivity contribution < 1.29 is 103 Å². The minimum Gasteiger partial charge on any atom is -0.460 e. The van der Waals surface area contributed by atoms with Crippen LogP contribution in [-0.4, -0.2) is 100 Å². The monoisotopic (exact) mass is 1580 g/mol. The molecule has 0 unspecified atom stereocenters. The van der Waals surface area contributed by atoms with Crippen LogP contribution in [0.5, 0.6) is 5.75 Å². The largest absolute Gasteiger partial charge is 0.530 e. The highest BCUT2D eigenvalue weighted by Gasteiger charge is 2.68. The third-order valence-electron chi connectivity index (χ3n) is 17.3. The number of sulfone groups is 1. The van der Waals surface area contributed by atoms with Gasteiger partial charge in [0.1, 0.15) is 58.0 Å². The number of carbonyl (C=O) groups excluding carboxylic acids is 4. The van der Waals surface area contributed by atoms with Crippen LogP contribution in [0.25, 0.3) is 22.0 Å². The number of nitrogens with zero attached hydrogens (tertiary/aromatic N) is 5. The topological polar surface area (TPSA) is 275 Å². The van der Waals surface area contributed by atoms with E-state index in [0.29, 0.717) is 16.3 Å². The predicted octanol–water partition coefficient (Wildman–Crippen LogP) is 14.5. The zero-order valence-electron chi connectivity index (χ0n) is 60.4. The average molecular weight is 1580 g/mol. The van der Waals surface area contributed by atoms with E-state index in [4.69, 9.17) is 29.9 Å². The van der Waals surface area contributed by atoms with Crippen molar-refractivity contribution in [3.63, 3.8) is 0 Å². The molecule has 0 spiro atoms. The number of benzene rings is 4. The zero-order chi connectivity index (χ0) is 79.7. The summed E-state index contributed by atoms with van der Waals surface area (Å²) in [5, 5.41) is 12.0. The number of hydrogen-bond acceptors (Lipinski definition) is 16. The number of phosphoric ester groups is 1. The van der Waals surface area contributed by atoms with E-state index in [1.165, 1.54) is 67.5 Å². The molecular formula is C72H78ClF10N8O13PS2. The van der Waals surface area contributed by atoms with E-state index >= 15 is 30.7 Å². The second kappa shape index (κ2) is 29.9. The van der Waals surface area contributed by atoms with E-state index in [1.54, 1.807) is 65.0 Å². The van der Waals surface area contributed by atoms with Crippen LogP contribution in [-0.2, 0) is 107 Å². The van der Waals surface area contributed by atoms with Gasteiger partial charge in [-0.15, -0.1) is 0 Å². The number of halogens is 11. The van der Waals surface area contributed by atoms with Crippen LogP contribution >= 0.6 is 19.4 Å². The van der Waals surface area contributed by atoms with Gasteiger partial charge in [0.15, 0.2) is 15.5 Å². The van der Waals surface area contributed by atoms with E-state index in [0.717, 1.165) is 42.7 Å². The highest BCUT2D eigenvalue weighted by molar-refractivity contribution is 7.92. The Kier molecular flexibility index (Phi) is 23.1. The molecule has 3 N–H and O–H groups in total. The Labute approximate surface area is 616 Å². The number of sulfonamides is 1. The summed E-state index contributed by atoms with van der Waals surface area (Å²) in [6.45, 7) is 16.2. The van der Waals surface area contributed by atoms with Crippen molar-refractivity contribution in [3.8, 4) is 28.7 Å². The molecule has 0 aliphatic heterocycles. The maximum atomic E-state index is 15.9. The number of pyridine rings is 1. The van der Waals surface area contributed by atoms with Crippen molar-refractivity contribution in [1.82, 2.24) is 39.9 Å². The van der Waals surface area contributed by atoms with Crippen molar-refractivity contribution >= 4 is 73.9 Å². The highest BCUT2D eigenvalue weighted by atomic mass is 35.5. The Hall–Kier alpha value is -8.41. The minimum atomic E-state index is -5.27. The summed E-state index contributed by atoms with van der Waals surface area (Å²) in [4.78, 5) is 62.2. The number of hydrogen-bond donors (Lipinski definition) is 3. The summed E-state index contributed by atoms with van der Waals surface area (Å²) in [5.74, 6) is -10.0. The van der Waals surface area contributed by atoms with Gasteiger partial charge in [-0.1, -0.05) is 67.8 Å². The second-order valence-electron chi connectivity index (χ2n) is 29.5. The summed E-state index contributed by atoms with van der Waals surface area (Å²) >= 11 is 6.85. The van der Waals surface area contributed by atoms with Crippen molar-refractivity contribution in [2.45, 2.75) is 198 Å². The Bertz CT molecular complexity index is 4990. The van der Waals surface area contributed by atoms with Gasteiger partial charge < -0.3 is 19.9 Å². The number of aromatic nitrogens is 5. The van der Waals surface area contributed by atoms with E-state index in [2.05, 4.69) is 37.7 Å². The molecule has 1 fully saturated rings. The quantitative estimate of drug-likeness (QED) is 0.0197. The molecule has 2 aliphatic carbocycles. The maximum absolute atomic E-state index is 15.9. The normalized spacial score (nSPS) is 15.9. The first-order valence-electron chi connectivity index (χ1n) is 33.3. The molecule has 2 aliphatic rings. The van der Waals surface area contributed by atoms with Gasteiger partial charge in [-0.25, -0.2) is 35.2 Å². The number of amides is 3. The molecule has 9 rings (SSSR count). The van der Waals surface area contributed by atoms with Gasteiger partial charge in [-0.05, 0) is 160 Å². The number of ether oxygens (including phenoxy) is 1. The molecular weight excluding hydrogens is 1510 g/mol. The lowest BCUT2D eigenvalue weighted by molar-refractivity contribution is -0.154.